The van der Waals surface area contributed by atoms with E-state index >= 15 is 0 Å². The molecule has 0 spiro atoms. The predicted octanol–water partition coefficient (Wildman–Crippen LogP) is 2.31. The third-order valence-electron chi connectivity index (χ3n) is 3.89. The lowest BCUT2D eigenvalue weighted by Gasteiger charge is -2.14. The van der Waals surface area contributed by atoms with Crippen LogP contribution in [0.2, 0.25) is 0 Å². The Bertz CT molecular complexity index is 584. The smallest absolute Gasteiger partial charge is 0.147 e. The van der Waals surface area contributed by atoms with Crippen LogP contribution in [0.4, 0.5) is 4.39 Å². The summed E-state index contributed by atoms with van der Waals surface area (Å²) in [5, 5.41) is 0. The van der Waals surface area contributed by atoms with Gasteiger partial charge in [0.25, 0.3) is 0 Å². The van der Waals surface area contributed by atoms with E-state index in [2.05, 4.69) is 4.98 Å². The highest BCUT2D eigenvalue weighted by molar-refractivity contribution is 5.42. The molecule has 2 aromatic rings. The van der Waals surface area contributed by atoms with Crippen molar-refractivity contribution in [2.45, 2.75) is 25.2 Å². The van der Waals surface area contributed by atoms with E-state index in [-0.39, 0.29) is 11.2 Å². The summed E-state index contributed by atoms with van der Waals surface area (Å²) in [6.07, 6.45) is 5.56. The molecule has 1 aromatic heterocycles. The molecule has 94 valence electrons. The van der Waals surface area contributed by atoms with Crippen LogP contribution in [0.25, 0.3) is 5.69 Å². The molecule has 1 aliphatic carbocycles. The van der Waals surface area contributed by atoms with Crippen molar-refractivity contribution in [3.63, 3.8) is 0 Å². The fourth-order valence-electron chi connectivity index (χ4n) is 2.43. The van der Waals surface area contributed by atoms with E-state index in [1.54, 1.807) is 23.0 Å². The van der Waals surface area contributed by atoms with Gasteiger partial charge in [-0.05, 0) is 37.5 Å². The summed E-state index contributed by atoms with van der Waals surface area (Å²) < 4.78 is 15.9. The second kappa shape index (κ2) is 3.92. The maximum atomic E-state index is 14.2. The van der Waals surface area contributed by atoms with Crippen LogP contribution in [-0.4, -0.2) is 16.1 Å². The van der Waals surface area contributed by atoms with E-state index in [1.807, 2.05) is 19.1 Å². The second-order valence-electron chi connectivity index (χ2n) is 5.00. The highest BCUT2D eigenvalue weighted by atomic mass is 19.1. The highest BCUT2D eigenvalue weighted by Gasteiger charge is 2.43. The van der Waals surface area contributed by atoms with Crippen LogP contribution in [-0.2, 0) is 5.41 Å². The van der Waals surface area contributed by atoms with Gasteiger partial charge in [-0.15, -0.1) is 0 Å². The molecule has 1 heterocycles. The molecule has 2 N–H and O–H groups in total. The Hall–Kier alpha value is -1.68. The Labute approximate surface area is 105 Å². The number of benzene rings is 1. The molecule has 1 fully saturated rings. The van der Waals surface area contributed by atoms with Crippen LogP contribution in [0, 0.1) is 12.7 Å². The van der Waals surface area contributed by atoms with Gasteiger partial charge in [-0.2, -0.15) is 0 Å². The lowest BCUT2D eigenvalue weighted by Crippen LogP contribution is -2.20. The summed E-state index contributed by atoms with van der Waals surface area (Å²) >= 11 is 0. The number of aryl methyl sites for hydroxylation is 1. The second-order valence-corrected chi connectivity index (χ2v) is 5.00. The topological polar surface area (TPSA) is 43.8 Å². The number of hydrogen-bond donors (Lipinski definition) is 1. The SMILES string of the molecule is Cc1nccn1-c1ccc(C2(CN)CC2)cc1F. The highest BCUT2D eigenvalue weighted by Crippen LogP contribution is 2.47. The molecule has 4 heteroatoms. The van der Waals surface area contributed by atoms with Crippen molar-refractivity contribution in [3.8, 4) is 5.69 Å². The average Bonchev–Trinajstić information content (AvgIpc) is 3.07. The summed E-state index contributed by atoms with van der Waals surface area (Å²) in [6.45, 7) is 2.45. The summed E-state index contributed by atoms with van der Waals surface area (Å²) in [5.74, 6) is 0.565. The van der Waals surface area contributed by atoms with Crippen molar-refractivity contribution in [1.29, 1.82) is 0 Å². The van der Waals surface area contributed by atoms with Gasteiger partial charge in [0, 0.05) is 24.4 Å². The zero-order valence-electron chi connectivity index (χ0n) is 10.4. The van der Waals surface area contributed by atoms with E-state index in [0.717, 1.165) is 24.2 Å². The lowest BCUT2D eigenvalue weighted by molar-refractivity contribution is 0.606. The lowest BCUT2D eigenvalue weighted by atomic mass is 9.96. The third-order valence-corrected chi connectivity index (χ3v) is 3.89. The standard InChI is InChI=1S/C14H16FN3/c1-10-17-6-7-18(10)13-3-2-11(8-12(13)15)14(9-16)4-5-14/h2-3,6-8H,4-5,9,16H2,1H3. The monoisotopic (exact) mass is 245 g/mol. The van der Waals surface area contributed by atoms with E-state index in [9.17, 15) is 4.39 Å². The van der Waals surface area contributed by atoms with Crippen LogP contribution < -0.4 is 5.73 Å². The molecule has 3 nitrogen and oxygen atoms in total. The number of halogens is 1. The molecular weight excluding hydrogens is 229 g/mol. The van der Waals surface area contributed by atoms with Crippen molar-refractivity contribution in [2.75, 3.05) is 6.54 Å². The molecule has 1 aromatic carbocycles. The van der Waals surface area contributed by atoms with Gasteiger partial charge in [0.15, 0.2) is 0 Å². The largest absolute Gasteiger partial charge is 0.330 e. The van der Waals surface area contributed by atoms with Gasteiger partial charge < -0.3 is 10.3 Å². The first-order valence-corrected chi connectivity index (χ1v) is 6.17. The normalized spacial score (nSPS) is 16.8. The summed E-state index contributed by atoms with van der Waals surface area (Å²) in [7, 11) is 0. The molecule has 3 rings (SSSR count). The van der Waals surface area contributed by atoms with E-state index in [1.165, 1.54) is 0 Å². The number of hydrogen-bond acceptors (Lipinski definition) is 2. The van der Waals surface area contributed by atoms with E-state index in [4.69, 9.17) is 5.73 Å². The molecule has 1 saturated carbocycles. The van der Waals surface area contributed by atoms with Crippen molar-refractivity contribution in [2.24, 2.45) is 5.73 Å². The predicted molar refractivity (Wildman–Crippen MR) is 68.2 cm³/mol. The Morgan fingerprint density at radius 2 is 2.22 bits per heavy atom. The van der Waals surface area contributed by atoms with Crippen LogP contribution in [0.1, 0.15) is 24.2 Å². The molecule has 0 unspecified atom stereocenters. The molecule has 0 atom stereocenters. The van der Waals surface area contributed by atoms with Gasteiger partial charge >= 0.3 is 0 Å². The third kappa shape index (κ3) is 1.64. The minimum atomic E-state index is -0.215. The minimum absolute atomic E-state index is 0.0311. The van der Waals surface area contributed by atoms with Crippen LogP contribution in [0.15, 0.2) is 30.6 Å². The quantitative estimate of drug-likeness (QED) is 0.901. The number of imidazole rings is 1. The molecule has 0 bridgehead atoms. The zero-order chi connectivity index (χ0) is 12.8. The van der Waals surface area contributed by atoms with Crippen molar-refractivity contribution in [1.82, 2.24) is 9.55 Å². The first kappa shape index (κ1) is 11.4. The number of nitrogens with zero attached hydrogens (tertiary/aromatic N) is 2. The van der Waals surface area contributed by atoms with Gasteiger partial charge in [-0.3, -0.25) is 0 Å². The van der Waals surface area contributed by atoms with Crippen molar-refractivity contribution >= 4 is 0 Å². The number of nitrogens with two attached hydrogens (primary N) is 1. The van der Waals surface area contributed by atoms with Crippen LogP contribution in [0.5, 0.6) is 0 Å². The maximum Gasteiger partial charge on any atom is 0.147 e. The Morgan fingerprint density at radius 3 is 2.72 bits per heavy atom. The van der Waals surface area contributed by atoms with E-state index < -0.39 is 0 Å². The van der Waals surface area contributed by atoms with Crippen LogP contribution >= 0.6 is 0 Å². The summed E-state index contributed by atoms with van der Waals surface area (Å²) in [6, 6.07) is 5.42. The van der Waals surface area contributed by atoms with Crippen molar-refractivity contribution in [3.05, 3.63) is 47.8 Å². The van der Waals surface area contributed by atoms with Crippen LogP contribution in [0.3, 0.4) is 0 Å². The van der Waals surface area contributed by atoms with Crippen molar-refractivity contribution < 1.29 is 4.39 Å². The molecule has 0 amide bonds. The first-order valence-electron chi connectivity index (χ1n) is 6.17. The maximum absolute atomic E-state index is 14.2. The molecule has 0 saturated heterocycles. The van der Waals surface area contributed by atoms with Gasteiger partial charge in [-0.25, -0.2) is 9.37 Å². The Balaban J connectivity index is 2.03. The van der Waals surface area contributed by atoms with Gasteiger partial charge in [0.2, 0.25) is 0 Å². The summed E-state index contributed by atoms with van der Waals surface area (Å²) in [5.41, 5.74) is 7.36. The molecular formula is C14H16FN3. The first-order chi connectivity index (χ1) is 8.66. The molecule has 0 aliphatic heterocycles. The fraction of sp³-hybridized carbons (Fsp3) is 0.357. The Morgan fingerprint density at radius 1 is 1.44 bits per heavy atom. The summed E-state index contributed by atoms with van der Waals surface area (Å²) in [4.78, 5) is 4.11. The van der Waals surface area contributed by atoms with Gasteiger partial charge in [0.05, 0.1) is 5.69 Å². The number of aromatic nitrogens is 2. The molecule has 0 radical (unpaired) electrons. The molecule has 18 heavy (non-hydrogen) atoms. The molecule has 1 aliphatic rings. The zero-order valence-corrected chi connectivity index (χ0v) is 10.4. The fourth-order valence-corrected chi connectivity index (χ4v) is 2.43. The van der Waals surface area contributed by atoms with Gasteiger partial charge in [0.1, 0.15) is 11.6 Å². The average molecular weight is 245 g/mol. The van der Waals surface area contributed by atoms with E-state index in [0.29, 0.717) is 12.2 Å². The Kier molecular flexibility index (Phi) is 2.48. The van der Waals surface area contributed by atoms with Gasteiger partial charge in [-0.1, -0.05) is 6.07 Å². The minimum Gasteiger partial charge on any atom is -0.330 e. The number of rotatable bonds is 3.